The van der Waals surface area contributed by atoms with Crippen molar-refractivity contribution in [2.45, 2.75) is 26.4 Å². The molecule has 0 saturated carbocycles. The van der Waals surface area contributed by atoms with Crippen LogP contribution >= 0.6 is 0 Å². The van der Waals surface area contributed by atoms with Gasteiger partial charge in [-0.15, -0.1) is 0 Å². The zero-order chi connectivity index (χ0) is 21.9. The average molecular weight is 420 g/mol. The molecule has 0 unspecified atom stereocenters. The fraction of sp³-hybridized carbons (Fsp3) is 0.650. The summed E-state index contributed by atoms with van der Waals surface area (Å²) >= 11 is 0. The minimum atomic E-state index is -0.507. The standard InChI is InChI=1S/C20H33N7O3/c1-20(2,3)30-19(28)27-11-9-25(10-12-27)15-13-16(18(21)23-29)22-17(14-15)26-7-5-24(4)6-8-26/h13-14,29H,5-12H2,1-4H3,(H2,21,23). The molecule has 10 nitrogen and oxygen atoms in total. The molecule has 30 heavy (non-hydrogen) atoms. The van der Waals surface area contributed by atoms with Crippen LogP contribution in [0, 0.1) is 0 Å². The molecular formula is C20H33N7O3. The zero-order valence-corrected chi connectivity index (χ0v) is 18.3. The van der Waals surface area contributed by atoms with Crippen molar-refractivity contribution in [1.29, 1.82) is 0 Å². The number of nitrogens with zero attached hydrogens (tertiary/aromatic N) is 6. The van der Waals surface area contributed by atoms with Crippen LogP contribution in [-0.4, -0.2) is 96.9 Å². The number of likely N-dealkylation sites (N-methyl/N-ethyl adjacent to an activating group) is 1. The van der Waals surface area contributed by atoms with Gasteiger partial charge in [0.25, 0.3) is 0 Å². The van der Waals surface area contributed by atoms with Crippen LogP contribution in [0.25, 0.3) is 0 Å². The van der Waals surface area contributed by atoms with Gasteiger partial charge in [-0.1, -0.05) is 5.16 Å². The van der Waals surface area contributed by atoms with Crippen molar-refractivity contribution < 1.29 is 14.7 Å². The second-order valence-corrected chi connectivity index (χ2v) is 8.80. The summed E-state index contributed by atoms with van der Waals surface area (Å²) in [5.41, 5.74) is 6.74. The zero-order valence-electron chi connectivity index (χ0n) is 18.3. The summed E-state index contributed by atoms with van der Waals surface area (Å²) in [4.78, 5) is 25.4. The summed E-state index contributed by atoms with van der Waals surface area (Å²) in [6.45, 7) is 11.7. The van der Waals surface area contributed by atoms with E-state index in [1.54, 1.807) is 4.90 Å². The van der Waals surface area contributed by atoms with Crippen molar-refractivity contribution in [2.24, 2.45) is 10.9 Å². The van der Waals surface area contributed by atoms with E-state index in [4.69, 9.17) is 15.7 Å². The maximum atomic E-state index is 12.3. The molecule has 3 N–H and O–H groups in total. The van der Waals surface area contributed by atoms with Crippen LogP contribution in [0.5, 0.6) is 0 Å². The Morgan fingerprint density at radius 1 is 1.07 bits per heavy atom. The molecule has 3 rings (SSSR count). The van der Waals surface area contributed by atoms with Crippen LogP contribution in [0.2, 0.25) is 0 Å². The summed E-state index contributed by atoms with van der Waals surface area (Å²) in [6.07, 6.45) is -0.285. The Morgan fingerprint density at radius 3 is 2.23 bits per heavy atom. The molecule has 1 aromatic rings. The van der Waals surface area contributed by atoms with E-state index in [1.165, 1.54) is 0 Å². The van der Waals surface area contributed by atoms with Crippen molar-refractivity contribution >= 4 is 23.4 Å². The predicted octanol–water partition coefficient (Wildman–Crippen LogP) is 0.985. The number of carbonyl (C=O) groups is 1. The maximum absolute atomic E-state index is 12.3. The number of oxime groups is 1. The van der Waals surface area contributed by atoms with Crippen LogP contribution in [-0.2, 0) is 4.74 Å². The third-order valence-corrected chi connectivity index (χ3v) is 5.29. The number of carbonyl (C=O) groups excluding carboxylic acids is 1. The van der Waals surface area contributed by atoms with E-state index in [0.29, 0.717) is 31.9 Å². The number of anilines is 2. The lowest BCUT2D eigenvalue weighted by Crippen LogP contribution is -2.50. The molecule has 1 amide bonds. The number of ether oxygens (including phenoxy) is 1. The van der Waals surface area contributed by atoms with Gasteiger partial charge in [0.15, 0.2) is 5.84 Å². The van der Waals surface area contributed by atoms with Crippen molar-refractivity contribution in [2.75, 3.05) is 69.2 Å². The number of amidine groups is 1. The highest BCUT2D eigenvalue weighted by Gasteiger charge is 2.27. The number of hydrogen-bond donors (Lipinski definition) is 2. The molecule has 10 heteroatoms. The molecule has 0 spiro atoms. The summed E-state index contributed by atoms with van der Waals surface area (Å²) in [6, 6.07) is 3.88. The van der Waals surface area contributed by atoms with E-state index < -0.39 is 5.60 Å². The van der Waals surface area contributed by atoms with E-state index in [2.05, 4.69) is 31.9 Å². The number of amides is 1. The third kappa shape index (κ3) is 5.44. The largest absolute Gasteiger partial charge is 0.444 e. The maximum Gasteiger partial charge on any atom is 0.410 e. The Labute approximate surface area is 177 Å². The Balaban J connectivity index is 1.75. The van der Waals surface area contributed by atoms with E-state index in [-0.39, 0.29) is 11.9 Å². The fourth-order valence-electron chi connectivity index (χ4n) is 3.54. The second kappa shape index (κ2) is 8.95. The minimum Gasteiger partial charge on any atom is -0.444 e. The van der Waals surface area contributed by atoms with Crippen molar-refractivity contribution in [3.05, 3.63) is 17.8 Å². The Bertz CT molecular complexity index is 777. The van der Waals surface area contributed by atoms with E-state index in [0.717, 1.165) is 37.7 Å². The van der Waals surface area contributed by atoms with Gasteiger partial charge >= 0.3 is 6.09 Å². The van der Waals surface area contributed by atoms with Crippen LogP contribution in [0.1, 0.15) is 26.5 Å². The van der Waals surface area contributed by atoms with Gasteiger partial charge in [0.05, 0.1) is 0 Å². The fourth-order valence-corrected chi connectivity index (χ4v) is 3.54. The first-order valence-electron chi connectivity index (χ1n) is 10.3. The summed E-state index contributed by atoms with van der Waals surface area (Å²) in [5.74, 6) is 0.802. The smallest absolute Gasteiger partial charge is 0.410 e. The van der Waals surface area contributed by atoms with Gasteiger partial charge < -0.3 is 35.3 Å². The number of rotatable bonds is 3. The highest BCUT2D eigenvalue weighted by Crippen LogP contribution is 2.25. The molecule has 2 fully saturated rings. The lowest BCUT2D eigenvalue weighted by molar-refractivity contribution is 0.0240. The van der Waals surface area contributed by atoms with Crippen LogP contribution in [0.15, 0.2) is 17.3 Å². The van der Waals surface area contributed by atoms with Gasteiger partial charge in [-0.05, 0) is 33.9 Å². The third-order valence-electron chi connectivity index (χ3n) is 5.29. The normalized spacial score (nSPS) is 19.2. The van der Waals surface area contributed by atoms with Gasteiger partial charge in [-0.3, -0.25) is 0 Å². The van der Waals surface area contributed by atoms with Gasteiger partial charge in [0, 0.05) is 64.1 Å². The topological polar surface area (TPSA) is 111 Å². The molecule has 0 atom stereocenters. The number of piperazine rings is 2. The van der Waals surface area contributed by atoms with E-state index >= 15 is 0 Å². The molecule has 0 aliphatic carbocycles. The molecular weight excluding hydrogens is 386 g/mol. The Kier molecular flexibility index (Phi) is 6.55. The lowest BCUT2D eigenvalue weighted by atomic mass is 10.2. The van der Waals surface area contributed by atoms with E-state index in [9.17, 15) is 4.79 Å². The molecule has 166 valence electrons. The monoisotopic (exact) mass is 419 g/mol. The highest BCUT2D eigenvalue weighted by atomic mass is 16.6. The molecule has 2 aliphatic heterocycles. The Hall–Kier alpha value is -2.75. The molecule has 0 aromatic carbocycles. The Morgan fingerprint density at radius 2 is 1.67 bits per heavy atom. The number of pyridine rings is 1. The first-order chi connectivity index (χ1) is 14.2. The first-order valence-corrected chi connectivity index (χ1v) is 10.3. The van der Waals surface area contributed by atoms with Crippen molar-refractivity contribution in [3.63, 3.8) is 0 Å². The first kappa shape index (κ1) is 21.9. The van der Waals surface area contributed by atoms with Gasteiger partial charge in [-0.2, -0.15) is 0 Å². The average Bonchev–Trinajstić information content (AvgIpc) is 2.72. The summed E-state index contributed by atoms with van der Waals surface area (Å²) in [7, 11) is 2.10. The summed E-state index contributed by atoms with van der Waals surface area (Å²) in [5, 5.41) is 12.3. The molecule has 2 saturated heterocycles. The minimum absolute atomic E-state index is 0.0142. The highest BCUT2D eigenvalue weighted by molar-refractivity contribution is 5.96. The summed E-state index contributed by atoms with van der Waals surface area (Å²) < 4.78 is 5.48. The van der Waals surface area contributed by atoms with Crippen molar-refractivity contribution in [1.82, 2.24) is 14.8 Å². The van der Waals surface area contributed by atoms with Gasteiger partial charge in [0.2, 0.25) is 0 Å². The van der Waals surface area contributed by atoms with Crippen LogP contribution < -0.4 is 15.5 Å². The SMILES string of the molecule is CN1CCN(c2cc(N3CCN(C(=O)OC(C)(C)C)CC3)cc(/C(N)=N/O)n2)CC1. The molecule has 3 heterocycles. The van der Waals surface area contributed by atoms with Crippen LogP contribution in [0.4, 0.5) is 16.3 Å². The predicted molar refractivity (Wildman–Crippen MR) is 116 cm³/mol. The second-order valence-electron chi connectivity index (χ2n) is 8.80. The van der Waals surface area contributed by atoms with Gasteiger partial charge in [-0.25, -0.2) is 9.78 Å². The molecule has 0 bridgehead atoms. The molecule has 1 aromatic heterocycles. The van der Waals surface area contributed by atoms with E-state index in [1.807, 2.05) is 32.9 Å². The van der Waals surface area contributed by atoms with Crippen LogP contribution in [0.3, 0.4) is 0 Å². The molecule has 0 radical (unpaired) electrons. The van der Waals surface area contributed by atoms with Crippen molar-refractivity contribution in [3.8, 4) is 0 Å². The molecule has 2 aliphatic rings. The number of hydrogen-bond acceptors (Lipinski definition) is 8. The quantitative estimate of drug-likeness (QED) is 0.323. The van der Waals surface area contributed by atoms with Gasteiger partial charge in [0.1, 0.15) is 17.1 Å². The lowest BCUT2D eigenvalue weighted by Gasteiger charge is -2.38. The number of nitrogens with two attached hydrogens (primary N) is 1. The number of aromatic nitrogens is 1.